The van der Waals surface area contributed by atoms with Crippen LogP contribution in [0, 0.1) is 17.8 Å². The highest BCUT2D eigenvalue weighted by Crippen LogP contribution is 2.54. The topological polar surface area (TPSA) is 77.9 Å². The van der Waals surface area contributed by atoms with Gasteiger partial charge in [-0.2, -0.15) is 0 Å². The normalized spacial score (nSPS) is 33.4. The van der Waals surface area contributed by atoms with Crippen molar-refractivity contribution in [1.29, 1.82) is 0 Å². The summed E-state index contributed by atoms with van der Waals surface area (Å²) in [6, 6.07) is 5.57. The number of urea groups is 1. The molecule has 4 rings (SSSR count). The summed E-state index contributed by atoms with van der Waals surface area (Å²) in [5.74, 6) is 0.693. The summed E-state index contributed by atoms with van der Waals surface area (Å²) in [6.07, 6.45) is 4.49. The lowest BCUT2D eigenvalue weighted by Gasteiger charge is -2.39. The summed E-state index contributed by atoms with van der Waals surface area (Å²) in [5.41, 5.74) is -0.572. The number of amides is 3. The second kappa shape index (κ2) is 5.83. The third-order valence-corrected chi connectivity index (χ3v) is 6.82. The Balaban J connectivity index is 1.57. The molecule has 3 fully saturated rings. The lowest BCUT2D eigenvalue weighted by atomic mass is 9.74. The number of likely N-dealkylation sites (N-methyl/N-ethyl adjacent to an activating group) is 1. The first-order valence-electron chi connectivity index (χ1n) is 9.24. The van der Waals surface area contributed by atoms with E-state index in [1.807, 2.05) is 6.92 Å². The van der Waals surface area contributed by atoms with E-state index in [1.165, 1.54) is 23.5 Å². The van der Waals surface area contributed by atoms with Crippen molar-refractivity contribution in [1.82, 2.24) is 9.80 Å². The molecule has 2 aliphatic carbocycles. The minimum Gasteiger partial charge on any atom is -0.508 e. The lowest BCUT2D eigenvalue weighted by Crippen LogP contribution is -2.53. The second-order valence-corrected chi connectivity index (χ2v) is 8.14. The minimum atomic E-state index is -0.865. The highest BCUT2D eigenvalue weighted by molar-refractivity contribution is 6.11. The highest BCUT2D eigenvalue weighted by Gasteiger charge is 2.61. The number of nitrogens with zero attached hydrogens (tertiary/aromatic N) is 2. The fraction of sp³-hybridized carbons (Fsp3) is 0.550. The number of carbonyl (C=O) groups excluding carboxylic acids is 3. The van der Waals surface area contributed by atoms with E-state index in [1.54, 1.807) is 19.2 Å². The summed E-state index contributed by atoms with van der Waals surface area (Å²) < 4.78 is 0. The van der Waals surface area contributed by atoms with E-state index in [2.05, 4.69) is 0 Å². The van der Waals surface area contributed by atoms with Crippen molar-refractivity contribution in [2.24, 2.45) is 17.8 Å². The molecule has 1 N–H and O–H groups in total. The van der Waals surface area contributed by atoms with Gasteiger partial charge in [0.25, 0.3) is 5.91 Å². The number of benzene rings is 1. The van der Waals surface area contributed by atoms with Crippen LogP contribution in [0.4, 0.5) is 4.79 Å². The van der Waals surface area contributed by atoms with Gasteiger partial charge < -0.3 is 10.0 Å². The molecule has 1 saturated heterocycles. The third-order valence-electron chi connectivity index (χ3n) is 6.82. The van der Waals surface area contributed by atoms with E-state index in [0.29, 0.717) is 17.4 Å². The van der Waals surface area contributed by atoms with Crippen molar-refractivity contribution < 1.29 is 19.5 Å². The van der Waals surface area contributed by atoms with E-state index < -0.39 is 11.6 Å². The van der Waals surface area contributed by atoms with Gasteiger partial charge in [-0.15, -0.1) is 0 Å². The molecular weight excluding hydrogens is 332 g/mol. The summed E-state index contributed by atoms with van der Waals surface area (Å²) in [5, 5.41) is 9.55. The number of carbonyl (C=O) groups is 3. The van der Waals surface area contributed by atoms with E-state index in [0.717, 1.165) is 24.2 Å². The molecule has 1 aliphatic heterocycles. The van der Waals surface area contributed by atoms with Crippen LogP contribution in [0.3, 0.4) is 0 Å². The Labute approximate surface area is 152 Å². The van der Waals surface area contributed by atoms with Crippen LogP contribution >= 0.6 is 0 Å². The maximum atomic E-state index is 13.2. The smallest absolute Gasteiger partial charge is 0.327 e. The van der Waals surface area contributed by atoms with Gasteiger partial charge in [0, 0.05) is 12.6 Å². The van der Waals surface area contributed by atoms with Crippen LogP contribution < -0.4 is 0 Å². The van der Waals surface area contributed by atoms with Crippen molar-refractivity contribution in [3.05, 3.63) is 29.8 Å². The van der Waals surface area contributed by atoms with Gasteiger partial charge in [0.1, 0.15) is 11.3 Å². The van der Waals surface area contributed by atoms with Crippen molar-refractivity contribution in [2.75, 3.05) is 13.6 Å². The second-order valence-electron chi connectivity index (χ2n) is 8.14. The molecule has 0 aromatic heterocycles. The molecule has 3 aliphatic rings. The Morgan fingerprint density at radius 1 is 1.27 bits per heavy atom. The fourth-order valence-corrected chi connectivity index (χ4v) is 5.28. The molecule has 2 bridgehead atoms. The molecule has 0 spiro atoms. The Morgan fingerprint density at radius 2 is 2.04 bits per heavy atom. The zero-order valence-corrected chi connectivity index (χ0v) is 15.1. The van der Waals surface area contributed by atoms with Crippen LogP contribution in [0.15, 0.2) is 24.3 Å². The predicted octanol–water partition coefficient (Wildman–Crippen LogP) is 2.66. The van der Waals surface area contributed by atoms with Gasteiger partial charge in [0.2, 0.25) is 0 Å². The molecule has 0 radical (unpaired) electrons. The van der Waals surface area contributed by atoms with Gasteiger partial charge in [0.15, 0.2) is 5.78 Å². The van der Waals surface area contributed by atoms with Crippen molar-refractivity contribution >= 4 is 17.7 Å². The van der Waals surface area contributed by atoms with Crippen molar-refractivity contribution in [2.45, 2.75) is 38.1 Å². The zero-order chi connectivity index (χ0) is 18.6. The predicted molar refractivity (Wildman–Crippen MR) is 94.7 cm³/mol. The van der Waals surface area contributed by atoms with Crippen molar-refractivity contribution in [3.63, 3.8) is 0 Å². The Hall–Kier alpha value is -2.37. The molecule has 6 nitrogen and oxygen atoms in total. The highest BCUT2D eigenvalue weighted by atomic mass is 16.3. The largest absolute Gasteiger partial charge is 0.508 e. The van der Waals surface area contributed by atoms with Crippen LogP contribution in [-0.4, -0.2) is 51.8 Å². The Morgan fingerprint density at radius 3 is 2.65 bits per heavy atom. The number of phenols is 1. The molecule has 138 valence electrons. The molecule has 1 aromatic rings. The average Bonchev–Trinajstić information content (AvgIpc) is 3.30. The number of fused-ring (bicyclic) bond motifs is 2. The van der Waals surface area contributed by atoms with Crippen LogP contribution in [0.5, 0.6) is 5.75 Å². The number of aromatic hydroxyl groups is 1. The van der Waals surface area contributed by atoms with E-state index >= 15 is 0 Å². The fourth-order valence-electron chi connectivity index (χ4n) is 5.28. The van der Waals surface area contributed by atoms with Crippen LogP contribution in [0.1, 0.15) is 43.0 Å². The summed E-state index contributed by atoms with van der Waals surface area (Å²) >= 11 is 0. The number of phenolic OH excluding ortho intramolecular Hbond substituents is 1. The molecule has 4 atom stereocenters. The summed E-state index contributed by atoms with van der Waals surface area (Å²) in [6.45, 7) is 1.57. The minimum absolute atomic E-state index is 0.0149. The number of imide groups is 1. The maximum Gasteiger partial charge on any atom is 0.327 e. The molecule has 6 heteroatoms. The summed E-state index contributed by atoms with van der Waals surface area (Å²) in [7, 11) is 1.67. The molecule has 3 amide bonds. The summed E-state index contributed by atoms with van der Waals surface area (Å²) in [4.78, 5) is 41.1. The SMILES string of the molecule is CN1C(=O)N(CC(=O)c2cccc(O)c2)C(=O)[C@@]1(C)[C@H]1CC2CCC1C2. The van der Waals surface area contributed by atoms with Crippen LogP contribution in [0.25, 0.3) is 0 Å². The number of Topliss-reactive ketones (excluding diaryl/α,β-unsaturated/α-hetero) is 1. The van der Waals surface area contributed by atoms with Crippen LogP contribution in [0.2, 0.25) is 0 Å². The van der Waals surface area contributed by atoms with E-state index in [-0.39, 0.29) is 29.9 Å². The number of ketones is 1. The zero-order valence-electron chi connectivity index (χ0n) is 15.1. The van der Waals surface area contributed by atoms with Gasteiger partial charge in [0.05, 0.1) is 6.54 Å². The molecule has 1 aromatic carbocycles. The Kier molecular flexibility index (Phi) is 3.82. The quantitative estimate of drug-likeness (QED) is 0.665. The lowest BCUT2D eigenvalue weighted by molar-refractivity contribution is -0.135. The van der Waals surface area contributed by atoms with Crippen molar-refractivity contribution in [3.8, 4) is 5.75 Å². The average molecular weight is 356 g/mol. The molecule has 1 heterocycles. The van der Waals surface area contributed by atoms with E-state index in [4.69, 9.17) is 0 Å². The molecular formula is C20H24N2O4. The monoisotopic (exact) mass is 356 g/mol. The van der Waals surface area contributed by atoms with Gasteiger partial charge in [-0.05, 0) is 56.1 Å². The number of hydrogen-bond acceptors (Lipinski definition) is 4. The first-order valence-corrected chi connectivity index (χ1v) is 9.24. The van der Waals surface area contributed by atoms with Crippen LogP contribution in [-0.2, 0) is 4.79 Å². The molecule has 26 heavy (non-hydrogen) atoms. The van der Waals surface area contributed by atoms with Gasteiger partial charge in [-0.3, -0.25) is 14.5 Å². The molecule has 2 saturated carbocycles. The first-order chi connectivity index (χ1) is 12.3. The third kappa shape index (κ3) is 2.35. The van der Waals surface area contributed by atoms with E-state index in [9.17, 15) is 19.5 Å². The first kappa shape index (κ1) is 17.1. The maximum absolute atomic E-state index is 13.2. The number of hydrogen-bond donors (Lipinski definition) is 1. The van der Waals surface area contributed by atoms with Gasteiger partial charge in [-0.25, -0.2) is 4.79 Å². The van der Waals surface area contributed by atoms with Gasteiger partial charge in [-0.1, -0.05) is 18.6 Å². The molecule has 2 unspecified atom stereocenters. The number of rotatable bonds is 4. The van der Waals surface area contributed by atoms with Gasteiger partial charge >= 0.3 is 6.03 Å². The standard InChI is InChI=1S/C20H24N2O4/c1-20(16-9-12-6-7-13(16)8-12)18(25)22(19(26)21(20)2)11-17(24)14-4-3-5-15(23)10-14/h3-5,10,12-13,16,23H,6-9,11H2,1-2H3/t12?,13?,16-,20+/m0/s1. The Bertz CT molecular complexity index is 792.